The van der Waals surface area contributed by atoms with Crippen LogP contribution in [0.15, 0.2) is 60.9 Å². The smallest absolute Gasteiger partial charge is 0.276 e. The van der Waals surface area contributed by atoms with E-state index in [9.17, 15) is 14.7 Å². The zero-order valence-electron chi connectivity index (χ0n) is 22.6. The number of aromatic nitrogens is 4. The van der Waals surface area contributed by atoms with Gasteiger partial charge in [0.2, 0.25) is 11.8 Å². The second-order valence-electron chi connectivity index (χ2n) is 10.5. The number of pyridine rings is 2. The lowest BCUT2D eigenvalue weighted by molar-refractivity contribution is -0.117. The lowest BCUT2D eigenvalue weighted by Crippen LogP contribution is -2.15. The van der Waals surface area contributed by atoms with Crippen LogP contribution in [0.5, 0.6) is 5.88 Å². The number of rotatable bonds is 10. The summed E-state index contributed by atoms with van der Waals surface area (Å²) < 4.78 is 5.71. The third-order valence-corrected chi connectivity index (χ3v) is 7.16. The first-order valence-electron chi connectivity index (χ1n) is 13.7. The lowest BCUT2D eigenvalue weighted by Gasteiger charge is -2.14. The highest BCUT2D eigenvalue weighted by Crippen LogP contribution is 2.39. The molecule has 208 valence electrons. The molecule has 0 radical (unpaired) electrons. The van der Waals surface area contributed by atoms with Gasteiger partial charge in [0.05, 0.1) is 18.5 Å². The van der Waals surface area contributed by atoms with Gasteiger partial charge in [0, 0.05) is 29.4 Å². The number of ether oxygens (including phenoxy) is 1. The summed E-state index contributed by atoms with van der Waals surface area (Å²) in [6.45, 7) is 1.92. The summed E-state index contributed by atoms with van der Waals surface area (Å²) >= 11 is 0. The van der Waals surface area contributed by atoms with E-state index in [1.165, 1.54) is 0 Å². The number of amides is 2. The van der Waals surface area contributed by atoms with Crippen LogP contribution in [0.25, 0.3) is 22.4 Å². The van der Waals surface area contributed by atoms with E-state index in [1.54, 1.807) is 24.5 Å². The van der Waals surface area contributed by atoms with E-state index in [0.717, 1.165) is 53.5 Å². The molecule has 0 bridgehead atoms. The SMILES string of the molecule is Cc1ccc(NC(=O)c2cc(C3CC3)cnn2)cc1-c1cc(OCCO)nc(-c2ccnc(NC(=O)C3CC3)c2)c1. The van der Waals surface area contributed by atoms with Gasteiger partial charge in [0.15, 0.2) is 5.69 Å². The first kappa shape index (κ1) is 26.5. The van der Waals surface area contributed by atoms with Crippen molar-refractivity contribution in [1.29, 1.82) is 0 Å². The number of hydrogen-bond donors (Lipinski definition) is 3. The summed E-state index contributed by atoms with van der Waals surface area (Å²) in [5.41, 5.74) is 5.96. The molecule has 0 atom stereocenters. The van der Waals surface area contributed by atoms with Crippen molar-refractivity contribution < 1.29 is 19.4 Å². The fourth-order valence-electron chi connectivity index (χ4n) is 4.60. The zero-order chi connectivity index (χ0) is 28.3. The van der Waals surface area contributed by atoms with Crippen LogP contribution in [0, 0.1) is 12.8 Å². The van der Waals surface area contributed by atoms with E-state index >= 15 is 0 Å². The van der Waals surface area contributed by atoms with Crippen LogP contribution in [-0.4, -0.2) is 50.3 Å². The molecule has 4 aromatic rings. The minimum absolute atomic E-state index is 0.0249. The number of nitrogens with zero attached hydrogens (tertiary/aromatic N) is 4. The van der Waals surface area contributed by atoms with E-state index in [1.807, 2.05) is 43.3 Å². The van der Waals surface area contributed by atoms with Crippen molar-refractivity contribution in [3.8, 4) is 28.3 Å². The second-order valence-corrected chi connectivity index (χ2v) is 10.5. The Kier molecular flexibility index (Phi) is 7.39. The molecule has 3 N–H and O–H groups in total. The van der Waals surface area contributed by atoms with Crippen molar-refractivity contribution in [2.45, 2.75) is 38.5 Å². The van der Waals surface area contributed by atoms with E-state index in [2.05, 4.69) is 30.8 Å². The highest BCUT2D eigenvalue weighted by atomic mass is 16.5. The predicted molar refractivity (Wildman–Crippen MR) is 154 cm³/mol. The third kappa shape index (κ3) is 6.38. The van der Waals surface area contributed by atoms with Crippen LogP contribution in [0.4, 0.5) is 11.5 Å². The van der Waals surface area contributed by atoms with E-state index in [-0.39, 0.29) is 36.6 Å². The Balaban J connectivity index is 1.30. The van der Waals surface area contributed by atoms with E-state index in [4.69, 9.17) is 4.74 Å². The predicted octanol–water partition coefficient (Wildman–Crippen LogP) is 4.76. The summed E-state index contributed by atoms with van der Waals surface area (Å²) in [4.78, 5) is 34.2. The minimum Gasteiger partial charge on any atom is -0.475 e. The number of hydrogen-bond acceptors (Lipinski definition) is 8. The number of carbonyl (C=O) groups is 2. The maximum absolute atomic E-state index is 13.0. The number of aryl methyl sites for hydroxylation is 1. The average Bonchev–Trinajstić information content (AvgIpc) is 3.90. The molecular formula is C31H30N6O4. The fourth-order valence-corrected chi connectivity index (χ4v) is 4.60. The van der Waals surface area contributed by atoms with Crippen molar-refractivity contribution in [2.24, 2.45) is 5.92 Å². The molecular weight excluding hydrogens is 520 g/mol. The molecule has 3 heterocycles. The molecule has 0 saturated heterocycles. The van der Waals surface area contributed by atoms with Crippen molar-refractivity contribution >= 4 is 23.3 Å². The zero-order valence-corrected chi connectivity index (χ0v) is 22.6. The van der Waals surface area contributed by atoms with Crippen LogP contribution in [0.3, 0.4) is 0 Å². The van der Waals surface area contributed by atoms with Crippen molar-refractivity contribution in [3.05, 3.63) is 77.7 Å². The molecule has 2 fully saturated rings. The van der Waals surface area contributed by atoms with Gasteiger partial charge in [-0.25, -0.2) is 9.97 Å². The molecule has 2 amide bonds. The molecule has 10 heteroatoms. The van der Waals surface area contributed by atoms with Gasteiger partial charge in [-0.05, 0) is 97.2 Å². The fraction of sp³-hybridized carbons (Fsp3) is 0.290. The number of anilines is 2. The third-order valence-electron chi connectivity index (χ3n) is 7.16. The molecule has 0 unspecified atom stereocenters. The molecule has 3 aromatic heterocycles. The van der Waals surface area contributed by atoms with Crippen molar-refractivity contribution in [2.75, 3.05) is 23.8 Å². The Morgan fingerprint density at radius 1 is 1.00 bits per heavy atom. The standard InChI is InChI=1S/C31H30N6O4/c1-18-2-7-24(34-31(40)27-13-23(17-33-37-27)19-3-4-19)16-25(18)22-12-26(35-29(15-22)41-11-10-38)21-8-9-32-28(14-21)36-30(39)20-5-6-20/h2,7-9,12-17,19-20,38H,3-6,10-11H2,1H3,(H,34,40)(H,32,36,39). The summed E-state index contributed by atoms with van der Waals surface area (Å²) in [7, 11) is 0. The van der Waals surface area contributed by atoms with Gasteiger partial charge in [0.1, 0.15) is 12.4 Å². The molecule has 0 spiro atoms. The summed E-state index contributed by atoms with van der Waals surface area (Å²) in [6, 6.07) is 14.8. The molecule has 2 saturated carbocycles. The molecule has 2 aliphatic rings. The Bertz CT molecular complexity index is 1620. The molecule has 0 aliphatic heterocycles. The molecule has 6 rings (SSSR count). The number of aliphatic hydroxyl groups is 1. The normalized spacial score (nSPS) is 14.4. The number of aliphatic hydroxyl groups excluding tert-OH is 1. The Hall–Kier alpha value is -4.70. The highest BCUT2D eigenvalue weighted by molar-refractivity contribution is 6.03. The monoisotopic (exact) mass is 550 g/mol. The quantitative estimate of drug-likeness (QED) is 0.257. The highest BCUT2D eigenvalue weighted by Gasteiger charge is 2.30. The minimum atomic E-state index is -0.324. The van der Waals surface area contributed by atoms with Crippen LogP contribution in [0.2, 0.25) is 0 Å². The van der Waals surface area contributed by atoms with Crippen molar-refractivity contribution in [1.82, 2.24) is 20.2 Å². The van der Waals surface area contributed by atoms with Crippen LogP contribution >= 0.6 is 0 Å². The Morgan fingerprint density at radius 2 is 1.85 bits per heavy atom. The summed E-state index contributed by atoms with van der Waals surface area (Å²) in [6.07, 6.45) is 7.38. The number of nitrogens with one attached hydrogen (secondary N) is 2. The molecule has 10 nitrogen and oxygen atoms in total. The van der Waals surface area contributed by atoms with E-state index in [0.29, 0.717) is 29.0 Å². The van der Waals surface area contributed by atoms with Gasteiger partial charge < -0.3 is 20.5 Å². The van der Waals surface area contributed by atoms with Crippen molar-refractivity contribution in [3.63, 3.8) is 0 Å². The van der Waals surface area contributed by atoms with Gasteiger partial charge in [-0.2, -0.15) is 5.10 Å². The van der Waals surface area contributed by atoms with Crippen LogP contribution < -0.4 is 15.4 Å². The molecule has 41 heavy (non-hydrogen) atoms. The van der Waals surface area contributed by atoms with Gasteiger partial charge >= 0.3 is 0 Å². The van der Waals surface area contributed by atoms with Gasteiger partial charge in [-0.3, -0.25) is 9.59 Å². The second kappa shape index (κ2) is 11.4. The van der Waals surface area contributed by atoms with Gasteiger partial charge in [-0.15, -0.1) is 5.10 Å². The summed E-state index contributed by atoms with van der Waals surface area (Å²) in [5, 5.41) is 23.2. The Morgan fingerprint density at radius 3 is 2.63 bits per heavy atom. The lowest BCUT2D eigenvalue weighted by atomic mass is 9.98. The maximum atomic E-state index is 13.0. The van der Waals surface area contributed by atoms with Crippen LogP contribution in [-0.2, 0) is 4.79 Å². The number of carbonyl (C=O) groups excluding carboxylic acids is 2. The average molecular weight is 551 g/mol. The maximum Gasteiger partial charge on any atom is 0.276 e. The first-order chi connectivity index (χ1) is 20.0. The van der Waals surface area contributed by atoms with E-state index < -0.39 is 0 Å². The largest absolute Gasteiger partial charge is 0.475 e. The van der Waals surface area contributed by atoms with Crippen LogP contribution in [0.1, 0.15) is 53.2 Å². The number of benzene rings is 1. The van der Waals surface area contributed by atoms with Gasteiger partial charge in [0.25, 0.3) is 5.91 Å². The Labute approximate surface area is 237 Å². The first-order valence-corrected chi connectivity index (χ1v) is 13.7. The van der Waals surface area contributed by atoms with Gasteiger partial charge in [-0.1, -0.05) is 6.07 Å². The summed E-state index contributed by atoms with van der Waals surface area (Å²) in [5.74, 6) is 0.979. The molecule has 2 aliphatic carbocycles. The topological polar surface area (TPSA) is 139 Å². The molecule has 1 aromatic carbocycles.